The van der Waals surface area contributed by atoms with Crippen LogP contribution in [0.1, 0.15) is 82.0 Å². The molecule has 0 radical (unpaired) electrons. The number of amides is 1. The van der Waals surface area contributed by atoms with Crippen molar-refractivity contribution in [2.45, 2.75) is 73.4 Å². The summed E-state index contributed by atoms with van der Waals surface area (Å²) in [6, 6.07) is 12.6. The second-order valence-corrected chi connectivity index (χ2v) is 12.1. The Morgan fingerprint density at radius 2 is 1.85 bits per heavy atom. The molecule has 0 spiro atoms. The van der Waals surface area contributed by atoms with Crippen LogP contribution in [0.15, 0.2) is 70.5 Å². The van der Waals surface area contributed by atoms with Crippen molar-refractivity contribution in [3.05, 3.63) is 103 Å². The number of nitrogens with zero attached hydrogens (tertiary/aromatic N) is 3. The van der Waals surface area contributed by atoms with Crippen molar-refractivity contribution < 1.29 is 4.79 Å². The Morgan fingerprint density at radius 1 is 1.15 bits per heavy atom. The lowest BCUT2D eigenvalue weighted by molar-refractivity contribution is -0.119. The lowest BCUT2D eigenvalue weighted by Gasteiger charge is -2.32. The Bertz CT molecular complexity index is 1150. The molecule has 5 nitrogen and oxygen atoms in total. The van der Waals surface area contributed by atoms with E-state index in [1.54, 1.807) is 12.4 Å². The molecular formula is C32H43Br2ClN4O. The number of nitrogens with one attached hydrogen (secondary N) is 1. The first-order valence-corrected chi connectivity index (χ1v) is 15.2. The first kappa shape index (κ1) is 36.0. The molecule has 1 amide bonds. The highest BCUT2D eigenvalue weighted by atomic mass is 79.9. The van der Waals surface area contributed by atoms with Gasteiger partial charge in [0.2, 0.25) is 5.91 Å². The number of aromatic nitrogens is 2. The summed E-state index contributed by atoms with van der Waals surface area (Å²) in [5, 5.41) is 3.51. The van der Waals surface area contributed by atoms with E-state index in [0.29, 0.717) is 6.54 Å². The van der Waals surface area contributed by atoms with Crippen molar-refractivity contribution in [3.63, 3.8) is 0 Å². The van der Waals surface area contributed by atoms with Gasteiger partial charge in [0, 0.05) is 41.6 Å². The monoisotopic (exact) mass is 692 g/mol. The third kappa shape index (κ3) is 12.2. The Balaban J connectivity index is 0.000000418. The summed E-state index contributed by atoms with van der Waals surface area (Å²) in [6.07, 6.45) is 9.81. The van der Waals surface area contributed by atoms with Gasteiger partial charge in [-0.05, 0) is 106 Å². The van der Waals surface area contributed by atoms with E-state index in [2.05, 4.69) is 85.7 Å². The van der Waals surface area contributed by atoms with Gasteiger partial charge in [-0.15, -0.1) is 0 Å². The molecule has 0 saturated heterocycles. The fourth-order valence-electron chi connectivity index (χ4n) is 4.34. The summed E-state index contributed by atoms with van der Waals surface area (Å²) in [4.78, 5) is 21.8. The van der Waals surface area contributed by atoms with E-state index in [-0.39, 0.29) is 19.4 Å². The van der Waals surface area contributed by atoms with Crippen molar-refractivity contribution in [2.75, 3.05) is 13.1 Å². The maximum atomic E-state index is 10.5. The molecule has 8 heteroatoms. The first-order valence-electron chi connectivity index (χ1n) is 13.3. The smallest absolute Gasteiger partial charge is 0.217 e. The van der Waals surface area contributed by atoms with Gasteiger partial charge in [0.1, 0.15) is 0 Å². The molecule has 1 unspecified atom stereocenters. The Kier molecular flexibility index (Phi) is 17.2. The third-order valence-electron chi connectivity index (χ3n) is 6.12. The molecule has 1 aliphatic carbocycles. The molecular weight excluding hydrogens is 652 g/mol. The van der Waals surface area contributed by atoms with Crippen LogP contribution in [0.4, 0.5) is 0 Å². The number of hydrogen-bond donors (Lipinski definition) is 1. The Labute approximate surface area is 263 Å². The lowest BCUT2D eigenvalue weighted by Crippen LogP contribution is -2.31. The highest BCUT2D eigenvalue weighted by Gasteiger charge is 2.29. The standard InChI is InChI=1S/C20H24BrClN2.C8H10N2O.C3H5Br.CH4/c1-3-5-10-24(4-2)20-18-9-8-17(22)12-14(18)6-7-15-11-16(21)13-23-19(15)20;1-7(11)10-6-8-3-2-4-9-5-8;1-3(2)4;/h8-9,11-13,20H,3-7,10H2,1-2H3;2-5H,6H2,1H3,(H,10,11);1H2,2H3;1H4. The molecule has 4 rings (SSSR count). The van der Waals surface area contributed by atoms with E-state index in [0.717, 1.165) is 45.5 Å². The number of benzene rings is 1. The van der Waals surface area contributed by atoms with Crippen LogP contribution in [-0.2, 0) is 24.2 Å². The van der Waals surface area contributed by atoms with E-state index in [4.69, 9.17) is 16.6 Å². The number of carbonyl (C=O) groups is 1. The van der Waals surface area contributed by atoms with Crippen LogP contribution in [0, 0.1) is 0 Å². The van der Waals surface area contributed by atoms with Crippen LogP contribution >= 0.6 is 43.5 Å². The van der Waals surface area contributed by atoms with E-state index in [1.165, 1.54) is 42.1 Å². The third-order valence-corrected chi connectivity index (χ3v) is 6.79. The lowest BCUT2D eigenvalue weighted by atomic mass is 9.96. The maximum Gasteiger partial charge on any atom is 0.217 e. The molecule has 0 bridgehead atoms. The molecule has 2 heterocycles. The van der Waals surface area contributed by atoms with Crippen molar-refractivity contribution >= 4 is 49.4 Å². The maximum absolute atomic E-state index is 10.5. The van der Waals surface area contributed by atoms with Crippen molar-refractivity contribution in [1.29, 1.82) is 0 Å². The second-order valence-electron chi connectivity index (χ2n) is 9.37. The summed E-state index contributed by atoms with van der Waals surface area (Å²) < 4.78 is 2.04. The number of carbonyl (C=O) groups excluding carboxylic acids is 1. The van der Waals surface area contributed by atoms with Crippen molar-refractivity contribution in [1.82, 2.24) is 20.2 Å². The average Bonchev–Trinajstić information content (AvgIpc) is 3.05. The molecule has 0 fully saturated rings. The van der Waals surface area contributed by atoms with Crippen molar-refractivity contribution in [3.8, 4) is 0 Å². The van der Waals surface area contributed by atoms with Gasteiger partial charge >= 0.3 is 0 Å². The quantitative estimate of drug-likeness (QED) is 0.268. The number of fused-ring (bicyclic) bond motifs is 2. The average molecular weight is 695 g/mol. The zero-order valence-electron chi connectivity index (χ0n) is 23.3. The predicted molar refractivity (Wildman–Crippen MR) is 177 cm³/mol. The SMILES string of the molecule is C.C=C(C)Br.CC(=O)NCc1cccnc1.CCCCN(CC)C1c2ccc(Cl)cc2CCc2cc(Br)cnc21. The van der Waals surface area contributed by atoms with Crippen LogP contribution in [0.5, 0.6) is 0 Å². The fourth-order valence-corrected chi connectivity index (χ4v) is 4.92. The first-order chi connectivity index (χ1) is 18.7. The summed E-state index contributed by atoms with van der Waals surface area (Å²) >= 11 is 12.9. The van der Waals surface area contributed by atoms with Crippen molar-refractivity contribution in [2.24, 2.45) is 0 Å². The topological polar surface area (TPSA) is 58.1 Å². The Morgan fingerprint density at radius 3 is 2.45 bits per heavy atom. The van der Waals surface area contributed by atoms with Crippen LogP contribution in [0.3, 0.4) is 0 Å². The number of allylic oxidation sites excluding steroid dienone is 1. The highest BCUT2D eigenvalue weighted by molar-refractivity contribution is 9.11. The number of halogens is 3. The normalized spacial score (nSPS) is 13.2. The minimum atomic E-state index is -0.0196. The van der Waals surface area contributed by atoms with Gasteiger partial charge in [-0.2, -0.15) is 0 Å². The van der Waals surface area contributed by atoms with E-state index >= 15 is 0 Å². The van der Waals surface area contributed by atoms with Crippen LogP contribution in [0.25, 0.3) is 0 Å². The van der Waals surface area contributed by atoms with Gasteiger partial charge in [-0.1, -0.05) is 73.9 Å². The summed E-state index contributed by atoms with van der Waals surface area (Å²) in [5.74, 6) is -0.0196. The number of unbranched alkanes of at least 4 members (excludes halogenated alkanes) is 1. The van der Waals surface area contributed by atoms with Gasteiger partial charge in [0.15, 0.2) is 0 Å². The summed E-state index contributed by atoms with van der Waals surface area (Å²) in [7, 11) is 0. The van der Waals surface area contributed by atoms with Crippen LogP contribution in [-0.4, -0.2) is 33.9 Å². The molecule has 1 aliphatic rings. The molecule has 1 atom stereocenters. The van der Waals surface area contributed by atoms with Crippen LogP contribution < -0.4 is 5.32 Å². The molecule has 0 aliphatic heterocycles. The minimum absolute atomic E-state index is 0. The zero-order valence-corrected chi connectivity index (χ0v) is 27.2. The molecule has 1 N–H and O–H groups in total. The number of rotatable bonds is 7. The van der Waals surface area contributed by atoms with Gasteiger partial charge in [0.05, 0.1) is 11.7 Å². The van der Waals surface area contributed by atoms with E-state index in [1.807, 2.05) is 31.3 Å². The van der Waals surface area contributed by atoms with Gasteiger partial charge in [-0.3, -0.25) is 19.7 Å². The number of pyridine rings is 2. The zero-order chi connectivity index (χ0) is 28.8. The highest BCUT2D eigenvalue weighted by Crippen LogP contribution is 2.37. The predicted octanol–water partition coefficient (Wildman–Crippen LogP) is 9.08. The van der Waals surface area contributed by atoms with Crippen LogP contribution in [0.2, 0.25) is 5.02 Å². The molecule has 3 aromatic rings. The second kappa shape index (κ2) is 19.1. The van der Waals surface area contributed by atoms with Gasteiger partial charge in [0.25, 0.3) is 0 Å². The minimum Gasteiger partial charge on any atom is -0.352 e. The molecule has 218 valence electrons. The number of hydrogen-bond acceptors (Lipinski definition) is 4. The Hall–Kier alpha value is -2.06. The fraction of sp³-hybridized carbons (Fsp3) is 0.406. The summed E-state index contributed by atoms with van der Waals surface area (Å²) in [5.41, 5.74) is 6.29. The van der Waals surface area contributed by atoms with Gasteiger partial charge in [-0.25, -0.2) is 0 Å². The summed E-state index contributed by atoms with van der Waals surface area (Å²) in [6.45, 7) is 14.0. The molecule has 1 aromatic carbocycles. The number of aryl methyl sites for hydroxylation is 2. The van der Waals surface area contributed by atoms with E-state index < -0.39 is 0 Å². The molecule has 2 aromatic heterocycles. The molecule has 0 saturated carbocycles. The largest absolute Gasteiger partial charge is 0.352 e. The van der Waals surface area contributed by atoms with E-state index in [9.17, 15) is 4.79 Å². The van der Waals surface area contributed by atoms with Gasteiger partial charge < -0.3 is 5.32 Å². The molecule has 40 heavy (non-hydrogen) atoms.